The van der Waals surface area contributed by atoms with Crippen LogP contribution < -0.4 is 5.14 Å². The Labute approximate surface area is 150 Å². The molecule has 0 saturated carbocycles. The first-order chi connectivity index (χ1) is 11.7. The van der Waals surface area contributed by atoms with E-state index in [1.165, 1.54) is 25.3 Å². The second-order valence-electron chi connectivity index (χ2n) is 7.41. The highest BCUT2D eigenvalue weighted by molar-refractivity contribution is 7.89. The van der Waals surface area contributed by atoms with Crippen molar-refractivity contribution >= 4 is 15.9 Å². The summed E-state index contributed by atoms with van der Waals surface area (Å²) < 4.78 is 23.6. The monoisotopic (exact) mass is 365 g/mol. The van der Waals surface area contributed by atoms with Gasteiger partial charge in [-0.05, 0) is 63.4 Å². The first-order valence-corrected chi connectivity index (χ1v) is 10.4. The summed E-state index contributed by atoms with van der Waals surface area (Å²) in [5.41, 5.74) is 1.76. The zero-order valence-corrected chi connectivity index (χ0v) is 16.0. The largest absolute Gasteiger partial charge is 0.335 e. The van der Waals surface area contributed by atoms with Crippen molar-refractivity contribution in [1.29, 1.82) is 0 Å². The van der Waals surface area contributed by atoms with Gasteiger partial charge in [0, 0.05) is 30.7 Å². The van der Waals surface area contributed by atoms with E-state index in [-0.39, 0.29) is 10.8 Å². The predicted octanol–water partition coefficient (Wildman–Crippen LogP) is 1.65. The number of carbonyl (C=O) groups is 1. The van der Waals surface area contributed by atoms with E-state index in [4.69, 9.17) is 5.14 Å². The van der Waals surface area contributed by atoms with Crippen molar-refractivity contribution in [2.24, 2.45) is 5.14 Å². The number of hydrogen-bond acceptors (Lipinski definition) is 4. The maximum absolute atomic E-state index is 12.8. The molecule has 0 spiro atoms. The van der Waals surface area contributed by atoms with E-state index in [1.807, 2.05) is 0 Å². The number of nitrogens with zero attached hydrogens (tertiary/aromatic N) is 2. The maximum atomic E-state index is 12.8. The summed E-state index contributed by atoms with van der Waals surface area (Å²) in [6, 6.07) is 4.16. The SMILES string of the molecule is Cc1cc(C(=O)N2CC(N3CCCC[C@H]3C)C2)cc(S(N)(=O)=O)c1C. The molecule has 1 aromatic rings. The molecule has 2 aliphatic heterocycles. The number of carbonyl (C=O) groups excluding carboxylic acids is 1. The molecular weight excluding hydrogens is 338 g/mol. The standard InChI is InChI=1S/C18H27N3O3S/c1-12-8-15(9-17(14(12)3)25(19,23)24)18(22)20-10-16(11-20)21-7-5-4-6-13(21)2/h8-9,13,16H,4-7,10-11H2,1-3H3,(H2,19,23,24)/t13-/m1/s1. The maximum Gasteiger partial charge on any atom is 0.254 e. The third-order valence-electron chi connectivity index (χ3n) is 5.65. The quantitative estimate of drug-likeness (QED) is 0.883. The highest BCUT2D eigenvalue weighted by Crippen LogP contribution is 2.27. The molecule has 2 saturated heterocycles. The lowest BCUT2D eigenvalue weighted by molar-refractivity contribution is 0.00211. The van der Waals surface area contributed by atoms with E-state index in [0.717, 1.165) is 12.1 Å². The van der Waals surface area contributed by atoms with Gasteiger partial charge in [-0.1, -0.05) is 6.42 Å². The molecule has 138 valence electrons. The summed E-state index contributed by atoms with van der Waals surface area (Å²) in [6.07, 6.45) is 3.73. The first kappa shape index (κ1) is 18.4. The number of amides is 1. The molecular formula is C18H27N3O3S. The molecule has 0 aliphatic carbocycles. The van der Waals surface area contributed by atoms with E-state index in [0.29, 0.717) is 36.3 Å². The van der Waals surface area contributed by atoms with Gasteiger partial charge in [-0.15, -0.1) is 0 Å². The third kappa shape index (κ3) is 3.59. The Morgan fingerprint density at radius 2 is 1.88 bits per heavy atom. The van der Waals surface area contributed by atoms with Crippen molar-refractivity contribution in [1.82, 2.24) is 9.80 Å². The number of rotatable bonds is 3. The molecule has 2 aliphatic rings. The average Bonchev–Trinajstić information content (AvgIpc) is 2.49. The van der Waals surface area contributed by atoms with Crippen molar-refractivity contribution < 1.29 is 13.2 Å². The van der Waals surface area contributed by atoms with Crippen LogP contribution in [-0.4, -0.2) is 55.8 Å². The summed E-state index contributed by atoms with van der Waals surface area (Å²) in [6.45, 7) is 8.29. The van der Waals surface area contributed by atoms with Crippen molar-refractivity contribution in [2.45, 2.75) is 57.0 Å². The average molecular weight is 365 g/mol. The van der Waals surface area contributed by atoms with Crippen molar-refractivity contribution in [3.8, 4) is 0 Å². The van der Waals surface area contributed by atoms with Crippen molar-refractivity contribution in [2.75, 3.05) is 19.6 Å². The fourth-order valence-electron chi connectivity index (χ4n) is 3.92. The van der Waals surface area contributed by atoms with Crippen LogP contribution in [0.1, 0.15) is 47.7 Å². The van der Waals surface area contributed by atoms with Gasteiger partial charge in [0.25, 0.3) is 5.91 Å². The molecule has 25 heavy (non-hydrogen) atoms. The van der Waals surface area contributed by atoms with E-state index < -0.39 is 10.0 Å². The molecule has 0 aromatic heterocycles. The van der Waals surface area contributed by atoms with Gasteiger partial charge in [0.15, 0.2) is 0 Å². The van der Waals surface area contributed by atoms with E-state index in [2.05, 4.69) is 11.8 Å². The molecule has 0 radical (unpaired) electrons. The molecule has 6 nitrogen and oxygen atoms in total. The first-order valence-electron chi connectivity index (χ1n) is 8.87. The van der Waals surface area contributed by atoms with Crippen LogP contribution in [-0.2, 0) is 10.0 Å². The van der Waals surface area contributed by atoms with Gasteiger partial charge in [-0.3, -0.25) is 9.69 Å². The Balaban J connectivity index is 1.74. The van der Waals surface area contributed by atoms with E-state index in [1.54, 1.807) is 24.8 Å². The van der Waals surface area contributed by atoms with Crippen LogP contribution in [0.5, 0.6) is 0 Å². The number of aryl methyl sites for hydroxylation is 1. The smallest absolute Gasteiger partial charge is 0.254 e. The second-order valence-corrected chi connectivity index (χ2v) is 8.94. The minimum atomic E-state index is -3.84. The normalized spacial score (nSPS) is 22.7. The van der Waals surface area contributed by atoms with Crippen LogP contribution in [0.15, 0.2) is 17.0 Å². The van der Waals surface area contributed by atoms with Gasteiger partial charge < -0.3 is 4.90 Å². The Kier molecular flexibility index (Phi) is 4.92. The zero-order chi connectivity index (χ0) is 18.4. The minimum absolute atomic E-state index is 0.0394. The number of likely N-dealkylation sites (tertiary alicyclic amines) is 2. The lowest BCUT2D eigenvalue weighted by Crippen LogP contribution is -2.63. The second kappa shape index (κ2) is 6.70. The van der Waals surface area contributed by atoms with Crippen LogP contribution in [0.4, 0.5) is 0 Å². The molecule has 3 rings (SSSR count). The molecule has 2 fully saturated rings. The molecule has 1 amide bonds. The summed E-state index contributed by atoms with van der Waals surface area (Å²) in [4.78, 5) is 17.1. The predicted molar refractivity (Wildman–Crippen MR) is 97.0 cm³/mol. The lowest BCUT2D eigenvalue weighted by Gasteiger charge is -2.49. The summed E-state index contributed by atoms with van der Waals surface area (Å²) in [5, 5.41) is 5.29. The fourth-order valence-corrected chi connectivity index (χ4v) is 4.80. The van der Waals surface area contributed by atoms with E-state index >= 15 is 0 Å². The van der Waals surface area contributed by atoms with Crippen LogP contribution in [0.25, 0.3) is 0 Å². The molecule has 2 N–H and O–H groups in total. The Morgan fingerprint density at radius 3 is 2.48 bits per heavy atom. The minimum Gasteiger partial charge on any atom is -0.335 e. The highest BCUT2D eigenvalue weighted by Gasteiger charge is 2.38. The van der Waals surface area contributed by atoms with Gasteiger partial charge in [0.1, 0.15) is 0 Å². The molecule has 1 atom stereocenters. The Bertz CT molecular complexity index is 785. The molecule has 1 aromatic carbocycles. The number of nitrogens with two attached hydrogens (primary N) is 1. The molecule has 7 heteroatoms. The van der Waals surface area contributed by atoms with Crippen LogP contribution in [0, 0.1) is 13.8 Å². The summed E-state index contributed by atoms with van der Waals surface area (Å²) in [7, 11) is -3.84. The number of benzene rings is 1. The number of piperidine rings is 1. The Morgan fingerprint density at radius 1 is 1.20 bits per heavy atom. The van der Waals surface area contributed by atoms with Crippen LogP contribution in [0.2, 0.25) is 0 Å². The number of primary sulfonamides is 1. The van der Waals surface area contributed by atoms with Crippen molar-refractivity contribution in [3.05, 3.63) is 28.8 Å². The lowest BCUT2D eigenvalue weighted by atomic mass is 9.96. The van der Waals surface area contributed by atoms with Gasteiger partial charge >= 0.3 is 0 Å². The zero-order valence-electron chi connectivity index (χ0n) is 15.2. The van der Waals surface area contributed by atoms with Gasteiger partial charge in [0.05, 0.1) is 4.90 Å². The van der Waals surface area contributed by atoms with Crippen molar-refractivity contribution in [3.63, 3.8) is 0 Å². The molecule has 2 heterocycles. The molecule has 0 unspecified atom stereocenters. The molecule has 0 bridgehead atoms. The van der Waals surface area contributed by atoms with Crippen LogP contribution in [0.3, 0.4) is 0 Å². The third-order valence-corrected chi connectivity index (χ3v) is 6.68. The fraction of sp³-hybridized carbons (Fsp3) is 0.611. The van der Waals surface area contributed by atoms with E-state index in [9.17, 15) is 13.2 Å². The van der Waals surface area contributed by atoms with Gasteiger partial charge in [0.2, 0.25) is 10.0 Å². The van der Waals surface area contributed by atoms with Gasteiger partial charge in [-0.2, -0.15) is 0 Å². The summed E-state index contributed by atoms with van der Waals surface area (Å²) in [5.74, 6) is -0.117. The number of sulfonamides is 1. The Hall–Kier alpha value is -1.44. The topological polar surface area (TPSA) is 83.7 Å². The van der Waals surface area contributed by atoms with Crippen LogP contribution >= 0.6 is 0 Å². The summed E-state index contributed by atoms with van der Waals surface area (Å²) >= 11 is 0. The number of hydrogen-bond donors (Lipinski definition) is 1. The van der Waals surface area contributed by atoms with Gasteiger partial charge in [-0.25, -0.2) is 13.6 Å². The highest BCUT2D eigenvalue weighted by atomic mass is 32.2.